The molecule has 1 heterocycles. The number of carbonyl (C=O) groups excluding carboxylic acids is 2. The summed E-state index contributed by atoms with van der Waals surface area (Å²) < 4.78 is 5.23. The molecule has 5 nitrogen and oxygen atoms in total. The summed E-state index contributed by atoms with van der Waals surface area (Å²) in [6.07, 6.45) is 3.13. The maximum absolute atomic E-state index is 13.2. The maximum Gasteiger partial charge on any atom is 0.240 e. The highest BCUT2D eigenvalue weighted by Gasteiger charge is 2.35. The van der Waals surface area contributed by atoms with E-state index in [1.807, 2.05) is 31.2 Å². The largest absolute Gasteiger partial charge is 0.497 e. The van der Waals surface area contributed by atoms with Gasteiger partial charge in [0.05, 0.1) is 13.2 Å². The quantitative estimate of drug-likeness (QED) is 0.637. The first-order chi connectivity index (χ1) is 14.5. The highest BCUT2D eigenvalue weighted by atomic mass is 16.5. The third kappa shape index (κ3) is 5.07. The van der Waals surface area contributed by atoms with Crippen molar-refractivity contribution in [3.8, 4) is 11.8 Å². The molecule has 1 fully saturated rings. The lowest BCUT2D eigenvalue weighted by atomic mass is 9.81. The Hall–Kier alpha value is -3.13. The molecule has 0 spiro atoms. The smallest absolute Gasteiger partial charge is 0.240 e. The van der Waals surface area contributed by atoms with E-state index in [0.717, 1.165) is 30.4 Å². The van der Waals surface area contributed by atoms with Crippen LogP contribution in [0.5, 0.6) is 5.75 Å². The van der Waals surface area contributed by atoms with Crippen molar-refractivity contribution in [3.05, 3.63) is 65.2 Å². The van der Waals surface area contributed by atoms with Gasteiger partial charge in [-0.3, -0.25) is 9.59 Å². The number of ether oxygens (including phenoxy) is 1. The number of hydrogen-bond donors (Lipinski definition) is 0. The topological polar surface area (TPSA) is 70.4 Å². The van der Waals surface area contributed by atoms with Crippen molar-refractivity contribution in [2.24, 2.45) is 5.92 Å². The lowest BCUT2D eigenvalue weighted by molar-refractivity contribution is -0.135. The molecule has 0 N–H and O–H groups in total. The van der Waals surface area contributed by atoms with Gasteiger partial charge in [0.25, 0.3) is 0 Å². The molecule has 0 radical (unpaired) electrons. The summed E-state index contributed by atoms with van der Waals surface area (Å²) >= 11 is 0. The van der Waals surface area contributed by atoms with Crippen molar-refractivity contribution in [2.45, 2.75) is 38.5 Å². The normalized spacial score (nSPS) is 15.7. The van der Waals surface area contributed by atoms with Gasteiger partial charge in [0.1, 0.15) is 11.7 Å². The first kappa shape index (κ1) is 21.6. The summed E-state index contributed by atoms with van der Waals surface area (Å²) in [5, 5.41) is 9.95. The van der Waals surface area contributed by atoms with E-state index in [4.69, 9.17) is 4.74 Å². The van der Waals surface area contributed by atoms with Crippen molar-refractivity contribution >= 4 is 11.7 Å². The van der Waals surface area contributed by atoms with E-state index in [9.17, 15) is 14.9 Å². The molecule has 156 valence electrons. The fourth-order valence-corrected chi connectivity index (χ4v) is 3.96. The molecule has 2 aromatic carbocycles. The van der Waals surface area contributed by atoms with Crippen molar-refractivity contribution in [2.75, 3.05) is 20.2 Å². The van der Waals surface area contributed by atoms with Crippen LogP contribution in [0, 0.1) is 24.2 Å². The van der Waals surface area contributed by atoms with E-state index in [0.29, 0.717) is 24.4 Å². The molecule has 3 rings (SSSR count). The number of hydrogen-bond acceptors (Lipinski definition) is 4. The van der Waals surface area contributed by atoms with E-state index in [1.54, 1.807) is 36.3 Å². The Balaban J connectivity index is 1.90. The molecule has 0 saturated carbocycles. The molecule has 30 heavy (non-hydrogen) atoms. The second-order valence-electron chi connectivity index (χ2n) is 7.87. The SMILES string of the molecule is COc1ccc([C@@H](CC(=O)c2ccc(C)cc2)[C@@H](C#N)C(=O)N2CCCCC2)cc1. The van der Waals surface area contributed by atoms with Crippen LogP contribution in [0.1, 0.15) is 53.1 Å². The Morgan fingerprint density at radius 2 is 1.67 bits per heavy atom. The lowest BCUT2D eigenvalue weighted by Crippen LogP contribution is -2.41. The van der Waals surface area contributed by atoms with Gasteiger partial charge in [0.15, 0.2) is 5.78 Å². The molecule has 1 saturated heterocycles. The Morgan fingerprint density at radius 3 is 2.23 bits per heavy atom. The summed E-state index contributed by atoms with van der Waals surface area (Å²) in [5.41, 5.74) is 2.47. The molecule has 2 aromatic rings. The molecule has 0 unspecified atom stereocenters. The van der Waals surface area contributed by atoms with Gasteiger partial charge in [-0.2, -0.15) is 5.26 Å². The number of aryl methyl sites for hydroxylation is 1. The number of amides is 1. The van der Waals surface area contributed by atoms with Crippen LogP contribution < -0.4 is 4.74 Å². The van der Waals surface area contributed by atoms with Crippen LogP contribution in [-0.2, 0) is 4.79 Å². The molecule has 0 bridgehead atoms. The number of carbonyl (C=O) groups is 2. The number of methoxy groups -OCH3 is 1. The monoisotopic (exact) mass is 404 g/mol. The van der Waals surface area contributed by atoms with Crippen LogP contribution in [0.2, 0.25) is 0 Å². The summed E-state index contributed by atoms with van der Waals surface area (Å²) in [7, 11) is 1.59. The molecule has 1 aliphatic rings. The number of piperidine rings is 1. The number of rotatable bonds is 7. The lowest BCUT2D eigenvalue weighted by Gasteiger charge is -2.31. The zero-order chi connectivity index (χ0) is 21.5. The standard InChI is InChI=1S/C25H28N2O3/c1-18-6-8-20(9-7-18)24(28)16-22(19-10-12-21(30-2)13-11-19)23(17-26)25(29)27-14-4-3-5-15-27/h6-13,22-23H,3-5,14-16H2,1-2H3/t22-,23-/m1/s1. The number of nitrogens with zero attached hydrogens (tertiary/aromatic N) is 2. The van der Waals surface area contributed by atoms with Gasteiger partial charge in [-0.15, -0.1) is 0 Å². The van der Waals surface area contributed by atoms with E-state index >= 15 is 0 Å². The third-order valence-corrected chi connectivity index (χ3v) is 5.80. The second kappa shape index (κ2) is 10.1. The molecular weight excluding hydrogens is 376 g/mol. The van der Waals surface area contributed by atoms with Gasteiger partial charge in [-0.05, 0) is 43.9 Å². The van der Waals surface area contributed by atoms with E-state index in [1.165, 1.54) is 0 Å². The van der Waals surface area contributed by atoms with Gasteiger partial charge >= 0.3 is 0 Å². The van der Waals surface area contributed by atoms with Crippen LogP contribution in [0.4, 0.5) is 0 Å². The Kier molecular flexibility index (Phi) is 7.24. The molecular formula is C25H28N2O3. The fourth-order valence-electron chi connectivity index (χ4n) is 3.96. The molecule has 5 heteroatoms. The van der Waals surface area contributed by atoms with Crippen LogP contribution in [0.15, 0.2) is 48.5 Å². The number of nitriles is 1. The predicted octanol–water partition coefficient (Wildman–Crippen LogP) is 4.51. The van der Waals surface area contributed by atoms with Gasteiger partial charge < -0.3 is 9.64 Å². The number of ketones is 1. The number of likely N-dealkylation sites (tertiary alicyclic amines) is 1. The predicted molar refractivity (Wildman–Crippen MR) is 115 cm³/mol. The summed E-state index contributed by atoms with van der Waals surface area (Å²) in [4.78, 5) is 28.0. The fraction of sp³-hybridized carbons (Fsp3) is 0.400. The molecule has 0 aromatic heterocycles. The average molecular weight is 405 g/mol. The average Bonchev–Trinajstić information content (AvgIpc) is 2.79. The Bertz CT molecular complexity index is 907. The summed E-state index contributed by atoms with van der Waals surface area (Å²) in [6.45, 7) is 3.33. The highest BCUT2D eigenvalue weighted by Crippen LogP contribution is 2.33. The van der Waals surface area contributed by atoms with Crippen molar-refractivity contribution in [3.63, 3.8) is 0 Å². The number of Topliss-reactive ketones (excluding diaryl/α,β-unsaturated/α-hetero) is 1. The van der Waals surface area contributed by atoms with Crippen LogP contribution in [0.3, 0.4) is 0 Å². The molecule has 1 aliphatic heterocycles. The van der Waals surface area contributed by atoms with E-state index < -0.39 is 11.8 Å². The highest BCUT2D eigenvalue weighted by molar-refractivity contribution is 5.97. The zero-order valence-electron chi connectivity index (χ0n) is 17.6. The minimum atomic E-state index is -0.897. The maximum atomic E-state index is 13.2. The Labute approximate surface area is 178 Å². The third-order valence-electron chi connectivity index (χ3n) is 5.80. The zero-order valence-corrected chi connectivity index (χ0v) is 17.6. The van der Waals surface area contributed by atoms with E-state index in [-0.39, 0.29) is 18.1 Å². The Morgan fingerprint density at radius 1 is 1.03 bits per heavy atom. The van der Waals surface area contributed by atoms with Crippen molar-refractivity contribution in [1.29, 1.82) is 5.26 Å². The minimum absolute atomic E-state index is 0.0671. The van der Waals surface area contributed by atoms with Crippen LogP contribution >= 0.6 is 0 Å². The van der Waals surface area contributed by atoms with Crippen molar-refractivity contribution in [1.82, 2.24) is 4.90 Å². The first-order valence-corrected chi connectivity index (χ1v) is 10.5. The van der Waals surface area contributed by atoms with Gasteiger partial charge in [-0.1, -0.05) is 42.0 Å². The van der Waals surface area contributed by atoms with Gasteiger partial charge in [0.2, 0.25) is 5.91 Å². The van der Waals surface area contributed by atoms with Gasteiger partial charge in [-0.25, -0.2) is 0 Å². The molecule has 2 atom stereocenters. The van der Waals surface area contributed by atoms with E-state index in [2.05, 4.69) is 6.07 Å². The van der Waals surface area contributed by atoms with Crippen LogP contribution in [0.25, 0.3) is 0 Å². The summed E-state index contributed by atoms with van der Waals surface area (Å²) in [5.74, 6) is -0.953. The van der Waals surface area contributed by atoms with Gasteiger partial charge in [0, 0.05) is 31.0 Å². The number of benzene rings is 2. The minimum Gasteiger partial charge on any atom is -0.497 e. The van der Waals surface area contributed by atoms with Crippen LogP contribution in [-0.4, -0.2) is 36.8 Å². The molecule has 1 amide bonds. The summed E-state index contributed by atoms with van der Waals surface area (Å²) in [6, 6.07) is 16.9. The van der Waals surface area contributed by atoms with Crippen molar-refractivity contribution < 1.29 is 14.3 Å². The first-order valence-electron chi connectivity index (χ1n) is 10.5. The second-order valence-corrected chi connectivity index (χ2v) is 7.87. The molecule has 0 aliphatic carbocycles.